The minimum absolute atomic E-state index is 0.00680. The molecule has 1 amide bonds. The van der Waals surface area contributed by atoms with Gasteiger partial charge in [0.2, 0.25) is 5.91 Å². The van der Waals surface area contributed by atoms with Crippen molar-refractivity contribution >= 4 is 29.2 Å². The van der Waals surface area contributed by atoms with Crippen LogP contribution in [0.2, 0.25) is 5.02 Å². The number of methoxy groups -OCH3 is 1. The zero-order valence-corrected chi connectivity index (χ0v) is 12.9. The Labute approximate surface area is 131 Å². The number of nitrogens with one attached hydrogen (secondary N) is 1. The molecule has 0 atom stereocenters. The van der Waals surface area contributed by atoms with E-state index < -0.39 is 5.97 Å². The van der Waals surface area contributed by atoms with Gasteiger partial charge in [-0.05, 0) is 24.6 Å². The molecule has 0 aliphatic heterocycles. The second-order valence-electron chi connectivity index (χ2n) is 4.45. The molecule has 1 N–H and O–H groups in total. The predicted octanol–water partition coefficient (Wildman–Crippen LogP) is 2.25. The van der Waals surface area contributed by atoms with E-state index in [0.29, 0.717) is 11.4 Å². The van der Waals surface area contributed by atoms with Crippen molar-refractivity contribution in [1.29, 1.82) is 0 Å². The highest BCUT2D eigenvalue weighted by Crippen LogP contribution is 2.30. The van der Waals surface area contributed by atoms with Crippen molar-refractivity contribution in [3.8, 4) is 11.4 Å². The third-order valence-corrected chi connectivity index (χ3v) is 3.19. The number of aryl methyl sites for hydroxylation is 1. The first-order valence-corrected chi connectivity index (χ1v) is 6.67. The molecule has 8 heteroatoms. The molecule has 0 radical (unpaired) electrons. The van der Waals surface area contributed by atoms with Crippen LogP contribution in [0.15, 0.2) is 18.3 Å². The van der Waals surface area contributed by atoms with E-state index in [1.165, 1.54) is 20.1 Å². The molecule has 0 spiro atoms. The molecule has 2 rings (SSSR count). The summed E-state index contributed by atoms with van der Waals surface area (Å²) < 4.78 is 4.66. The smallest absolute Gasteiger partial charge is 0.358 e. The number of amides is 1. The molecule has 0 aliphatic rings. The number of anilines is 1. The maximum Gasteiger partial charge on any atom is 0.358 e. The minimum atomic E-state index is -0.708. The number of carbonyl (C=O) groups is 2. The molecule has 2 aromatic rings. The molecule has 0 aromatic carbocycles. The van der Waals surface area contributed by atoms with Gasteiger partial charge in [-0.2, -0.15) is 5.10 Å². The van der Waals surface area contributed by atoms with Gasteiger partial charge in [0.25, 0.3) is 0 Å². The highest BCUT2D eigenvalue weighted by Gasteiger charge is 2.20. The summed E-state index contributed by atoms with van der Waals surface area (Å²) in [6, 6.07) is 3.29. The number of rotatable bonds is 3. The molecule has 22 heavy (non-hydrogen) atoms. The van der Waals surface area contributed by atoms with Gasteiger partial charge in [-0.15, -0.1) is 5.10 Å². The molecular weight excluding hydrogens is 308 g/mol. The van der Waals surface area contributed by atoms with Gasteiger partial charge in [0.15, 0.2) is 5.69 Å². The van der Waals surface area contributed by atoms with Crippen molar-refractivity contribution < 1.29 is 14.3 Å². The van der Waals surface area contributed by atoms with E-state index in [4.69, 9.17) is 11.6 Å². The van der Waals surface area contributed by atoms with E-state index in [0.717, 1.165) is 5.56 Å². The van der Waals surface area contributed by atoms with Crippen LogP contribution in [0, 0.1) is 6.92 Å². The third-order valence-electron chi connectivity index (χ3n) is 2.81. The Hall–Kier alpha value is -2.54. The summed E-state index contributed by atoms with van der Waals surface area (Å²) >= 11 is 6.11. The van der Waals surface area contributed by atoms with Crippen molar-refractivity contribution in [2.45, 2.75) is 13.8 Å². The molecule has 0 bridgehead atoms. The van der Waals surface area contributed by atoms with Crippen LogP contribution in [0.3, 0.4) is 0 Å². The van der Waals surface area contributed by atoms with Crippen LogP contribution >= 0.6 is 11.6 Å². The van der Waals surface area contributed by atoms with Crippen LogP contribution in [-0.4, -0.2) is 34.2 Å². The maximum absolute atomic E-state index is 11.8. The molecule has 2 heterocycles. The zero-order valence-electron chi connectivity index (χ0n) is 12.2. The van der Waals surface area contributed by atoms with Crippen LogP contribution in [0.25, 0.3) is 11.4 Å². The third kappa shape index (κ3) is 3.20. The van der Waals surface area contributed by atoms with Gasteiger partial charge in [0.05, 0.1) is 23.5 Å². The fourth-order valence-corrected chi connectivity index (χ4v) is 2.03. The SMILES string of the molecule is COC(=O)c1nc(-c2nnccc2C)cc(NC(C)=O)c1Cl. The summed E-state index contributed by atoms with van der Waals surface area (Å²) in [4.78, 5) is 27.3. The summed E-state index contributed by atoms with van der Waals surface area (Å²) in [5.41, 5.74) is 1.81. The number of hydrogen-bond donors (Lipinski definition) is 1. The van der Waals surface area contributed by atoms with Crippen LogP contribution in [0.4, 0.5) is 5.69 Å². The fourth-order valence-electron chi connectivity index (χ4n) is 1.81. The lowest BCUT2D eigenvalue weighted by Crippen LogP contribution is -2.12. The molecular formula is C14H13ClN4O3. The van der Waals surface area contributed by atoms with Crippen molar-refractivity contribution in [2.75, 3.05) is 12.4 Å². The van der Waals surface area contributed by atoms with Crippen molar-refractivity contribution in [3.05, 3.63) is 34.6 Å². The lowest BCUT2D eigenvalue weighted by molar-refractivity contribution is -0.114. The highest BCUT2D eigenvalue weighted by molar-refractivity contribution is 6.36. The quantitative estimate of drug-likeness (QED) is 0.872. The van der Waals surface area contributed by atoms with E-state index in [1.54, 1.807) is 12.3 Å². The van der Waals surface area contributed by atoms with Gasteiger partial charge in [0, 0.05) is 13.1 Å². The number of halogens is 1. The van der Waals surface area contributed by atoms with Crippen LogP contribution < -0.4 is 5.32 Å². The lowest BCUT2D eigenvalue weighted by Gasteiger charge is -2.11. The highest BCUT2D eigenvalue weighted by atomic mass is 35.5. The maximum atomic E-state index is 11.8. The average molecular weight is 321 g/mol. The number of carbonyl (C=O) groups excluding carboxylic acids is 2. The minimum Gasteiger partial charge on any atom is -0.464 e. The largest absolute Gasteiger partial charge is 0.464 e. The number of hydrogen-bond acceptors (Lipinski definition) is 6. The summed E-state index contributed by atoms with van der Waals surface area (Å²) in [6.07, 6.45) is 1.55. The molecule has 114 valence electrons. The summed E-state index contributed by atoms with van der Waals surface area (Å²) in [5, 5.41) is 10.4. The summed E-state index contributed by atoms with van der Waals surface area (Å²) in [7, 11) is 1.22. The van der Waals surface area contributed by atoms with Crippen LogP contribution in [0.1, 0.15) is 23.0 Å². The molecule has 0 unspecified atom stereocenters. The van der Waals surface area contributed by atoms with Gasteiger partial charge in [0.1, 0.15) is 5.69 Å². The van der Waals surface area contributed by atoms with Gasteiger partial charge in [-0.1, -0.05) is 11.6 Å². The second kappa shape index (κ2) is 6.48. The van der Waals surface area contributed by atoms with E-state index in [1.807, 2.05) is 6.92 Å². The average Bonchev–Trinajstić information content (AvgIpc) is 2.48. The molecule has 0 saturated carbocycles. The first-order valence-electron chi connectivity index (χ1n) is 6.29. The van der Waals surface area contributed by atoms with Gasteiger partial charge < -0.3 is 10.1 Å². The normalized spacial score (nSPS) is 10.2. The van der Waals surface area contributed by atoms with Gasteiger partial charge in [-0.25, -0.2) is 9.78 Å². The Morgan fingerprint density at radius 3 is 2.68 bits per heavy atom. The molecule has 0 fully saturated rings. The van der Waals surface area contributed by atoms with Crippen molar-refractivity contribution in [1.82, 2.24) is 15.2 Å². The number of nitrogens with zero attached hydrogens (tertiary/aromatic N) is 3. The number of aromatic nitrogens is 3. The monoisotopic (exact) mass is 320 g/mol. The van der Waals surface area contributed by atoms with Crippen LogP contribution in [0.5, 0.6) is 0 Å². The lowest BCUT2D eigenvalue weighted by atomic mass is 10.1. The first kappa shape index (κ1) is 15.8. The molecule has 7 nitrogen and oxygen atoms in total. The predicted molar refractivity (Wildman–Crippen MR) is 80.7 cm³/mol. The van der Waals surface area contributed by atoms with E-state index in [9.17, 15) is 9.59 Å². The standard InChI is InChI=1S/C14H13ClN4O3/c1-7-4-5-16-19-12(7)10-6-9(17-8(2)20)11(15)13(18-10)14(21)22-3/h4-6H,1-3H3,(H,17,18,20). The Bertz CT molecular complexity index is 749. The summed E-state index contributed by atoms with van der Waals surface area (Å²) in [6.45, 7) is 3.16. The Morgan fingerprint density at radius 2 is 2.09 bits per heavy atom. The van der Waals surface area contributed by atoms with Crippen molar-refractivity contribution in [3.63, 3.8) is 0 Å². The number of pyridine rings is 1. The van der Waals surface area contributed by atoms with E-state index in [2.05, 4.69) is 25.2 Å². The molecule has 0 aliphatic carbocycles. The van der Waals surface area contributed by atoms with E-state index in [-0.39, 0.29) is 22.3 Å². The van der Waals surface area contributed by atoms with Gasteiger partial charge >= 0.3 is 5.97 Å². The Morgan fingerprint density at radius 1 is 1.36 bits per heavy atom. The van der Waals surface area contributed by atoms with E-state index >= 15 is 0 Å². The van der Waals surface area contributed by atoms with Crippen LogP contribution in [-0.2, 0) is 9.53 Å². The second-order valence-corrected chi connectivity index (χ2v) is 4.83. The fraction of sp³-hybridized carbons (Fsp3) is 0.214. The van der Waals surface area contributed by atoms with Crippen molar-refractivity contribution in [2.24, 2.45) is 0 Å². The zero-order chi connectivity index (χ0) is 16.3. The molecule has 0 saturated heterocycles. The topological polar surface area (TPSA) is 94.1 Å². The molecule has 2 aromatic heterocycles. The van der Waals surface area contributed by atoms with Gasteiger partial charge in [-0.3, -0.25) is 4.79 Å². The number of ether oxygens (including phenoxy) is 1. The Kier molecular flexibility index (Phi) is 4.67. The summed E-state index contributed by atoms with van der Waals surface area (Å²) in [5.74, 6) is -1.04. The Balaban J connectivity index is 2.67. The number of esters is 1. The first-order chi connectivity index (χ1) is 10.4.